The van der Waals surface area contributed by atoms with Crippen LogP contribution in [0.2, 0.25) is 0 Å². The maximum Gasteiger partial charge on any atom is 0.231 e. The topological polar surface area (TPSA) is 49.0 Å². The van der Waals surface area contributed by atoms with Gasteiger partial charge in [-0.05, 0) is 64.3 Å². The molecule has 0 bridgehead atoms. The van der Waals surface area contributed by atoms with Crippen molar-refractivity contribution in [3.05, 3.63) is 45.9 Å². The van der Waals surface area contributed by atoms with Crippen molar-refractivity contribution in [2.45, 2.75) is 13.0 Å². The second-order valence-electron chi connectivity index (χ2n) is 5.43. The smallest absolute Gasteiger partial charge is 0.231 e. The van der Waals surface area contributed by atoms with Crippen LogP contribution in [-0.4, -0.2) is 27.6 Å². The molecule has 0 saturated carbocycles. The highest BCUT2D eigenvalue weighted by Crippen LogP contribution is 2.39. The summed E-state index contributed by atoms with van der Waals surface area (Å²) in [6.45, 7) is 1.91. The Labute approximate surface area is 162 Å². The van der Waals surface area contributed by atoms with Crippen LogP contribution in [0.1, 0.15) is 11.1 Å². The normalized spacial score (nSPS) is 11.8. The van der Waals surface area contributed by atoms with Gasteiger partial charge in [0.05, 0.1) is 18.7 Å². The van der Waals surface area contributed by atoms with E-state index in [1.165, 1.54) is 5.56 Å². The molecule has 2 aromatic rings. The molecule has 0 fully saturated rings. The van der Waals surface area contributed by atoms with E-state index in [1.807, 2.05) is 18.2 Å². The molecule has 1 N–H and O–H groups in total. The number of nitrogens with one attached hydrogen (secondary N) is 1. The van der Waals surface area contributed by atoms with Crippen LogP contribution < -0.4 is 24.3 Å². The Hall–Kier alpha value is -1.63. The summed E-state index contributed by atoms with van der Waals surface area (Å²) in [5.41, 5.74) is 2.35. The van der Waals surface area contributed by atoms with Crippen LogP contribution in [0, 0.1) is 0 Å². The van der Waals surface area contributed by atoms with Crippen molar-refractivity contribution in [3.63, 3.8) is 0 Å². The quantitative estimate of drug-likeness (QED) is 0.674. The highest BCUT2D eigenvalue weighted by molar-refractivity contribution is 9.10. The van der Waals surface area contributed by atoms with E-state index >= 15 is 0 Å². The van der Waals surface area contributed by atoms with Crippen molar-refractivity contribution in [3.8, 4) is 23.0 Å². The van der Waals surface area contributed by atoms with Crippen LogP contribution in [0.4, 0.5) is 0 Å². The zero-order chi connectivity index (χ0) is 16.9. The highest BCUT2D eigenvalue weighted by Gasteiger charge is 2.17. The molecule has 3 rings (SSSR count). The van der Waals surface area contributed by atoms with Gasteiger partial charge in [0.1, 0.15) is 0 Å². The molecule has 2 aromatic carbocycles. The maximum atomic E-state index is 5.44. The molecule has 1 aliphatic heterocycles. The number of halogens is 2. The Morgan fingerprint density at radius 2 is 1.84 bits per heavy atom. The second kappa shape index (κ2) is 9.17. The van der Waals surface area contributed by atoms with Gasteiger partial charge in [0.15, 0.2) is 23.0 Å². The molecular formula is C18H21BrClNO4. The number of fused-ring (bicyclic) bond motifs is 1. The largest absolute Gasteiger partial charge is 0.493 e. The number of hydrogen-bond donors (Lipinski definition) is 1. The molecule has 0 saturated heterocycles. The standard InChI is InChI=1S/C18H20BrNO4.ClH/c1-21-15-4-3-12(8-16(15)22-2)5-6-20-10-13-7-14(19)18-17(9-13)23-11-24-18;/h3-4,7-9,20H,5-6,10-11H2,1-2H3;1H. The van der Waals surface area contributed by atoms with Gasteiger partial charge >= 0.3 is 0 Å². The van der Waals surface area contributed by atoms with Crippen LogP contribution in [0.25, 0.3) is 0 Å². The fourth-order valence-electron chi connectivity index (χ4n) is 2.62. The minimum absolute atomic E-state index is 0. The van der Waals surface area contributed by atoms with Crippen LogP contribution >= 0.6 is 28.3 Å². The molecule has 5 nitrogen and oxygen atoms in total. The van der Waals surface area contributed by atoms with Crippen molar-refractivity contribution in [1.29, 1.82) is 0 Å². The Morgan fingerprint density at radius 3 is 2.60 bits per heavy atom. The van der Waals surface area contributed by atoms with Crippen LogP contribution in [-0.2, 0) is 13.0 Å². The van der Waals surface area contributed by atoms with E-state index < -0.39 is 0 Å². The van der Waals surface area contributed by atoms with Gasteiger partial charge in [0, 0.05) is 6.54 Å². The summed E-state index contributed by atoms with van der Waals surface area (Å²) in [6, 6.07) is 10.1. The summed E-state index contributed by atoms with van der Waals surface area (Å²) in [5, 5.41) is 3.45. The second-order valence-corrected chi connectivity index (χ2v) is 6.28. The Balaban J connectivity index is 0.00000225. The summed E-state index contributed by atoms with van der Waals surface area (Å²) in [5.74, 6) is 3.08. The molecule has 0 radical (unpaired) electrons. The van der Waals surface area contributed by atoms with Gasteiger partial charge in [-0.2, -0.15) is 0 Å². The first kappa shape index (κ1) is 19.7. The molecule has 0 amide bonds. The van der Waals surface area contributed by atoms with Crippen molar-refractivity contribution in [2.75, 3.05) is 27.6 Å². The molecule has 136 valence electrons. The third kappa shape index (κ3) is 4.71. The highest BCUT2D eigenvalue weighted by atomic mass is 79.9. The lowest BCUT2D eigenvalue weighted by Gasteiger charge is -2.10. The van der Waals surface area contributed by atoms with E-state index in [0.717, 1.165) is 52.5 Å². The average molecular weight is 431 g/mol. The van der Waals surface area contributed by atoms with Crippen LogP contribution in [0.3, 0.4) is 0 Å². The molecule has 1 aliphatic rings. The van der Waals surface area contributed by atoms with Crippen molar-refractivity contribution >= 4 is 28.3 Å². The van der Waals surface area contributed by atoms with E-state index in [9.17, 15) is 0 Å². The third-order valence-corrected chi connectivity index (χ3v) is 4.44. The summed E-state index contributed by atoms with van der Waals surface area (Å²) < 4.78 is 22.3. The number of hydrogen-bond acceptors (Lipinski definition) is 5. The Bertz CT molecular complexity index is 726. The molecular weight excluding hydrogens is 410 g/mol. The molecule has 0 spiro atoms. The SMILES string of the molecule is COc1ccc(CCNCc2cc(Br)c3c(c2)OCO3)cc1OC.Cl. The molecule has 0 atom stereocenters. The predicted molar refractivity (Wildman–Crippen MR) is 102 cm³/mol. The van der Waals surface area contributed by atoms with Crippen molar-refractivity contribution < 1.29 is 18.9 Å². The predicted octanol–water partition coefficient (Wildman–Crippen LogP) is 3.95. The van der Waals surface area contributed by atoms with Gasteiger partial charge in [-0.1, -0.05) is 6.07 Å². The van der Waals surface area contributed by atoms with Crippen molar-refractivity contribution in [1.82, 2.24) is 5.32 Å². The number of ether oxygens (including phenoxy) is 4. The zero-order valence-corrected chi connectivity index (χ0v) is 16.5. The first-order chi connectivity index (χ1) is 11.7. The van der Waals surface area contributed by atoms with Gasteiger partial charge in [-0.15, -0.1) is 12.4 Å². The van der Waals surface area contributed by atoms with Gasteiger partial charge in [-0.3, -0.25) is 0 Å². The number of methoxy groups -OCH3 is 2. The van der Waals surface area contributed by atoms with E-state index in [4.69, 9.17) is 18.9 Å². The van der Waals surface area contributed by atoms with Crippen LogP contribution in [0.15, 0.2) is 34.8 Å². The Kier molecular flexibility index (Phi) is 7.23. The first-order valence-electron chi connectivity index (χ1n) is 7.71. The van der Waals surface area contributed by atoms with E-state index in [1.54, 1.807) is 14.2 Å². The van der Waals surface area contributed by atoms with E-state index in [2.05, 4.69) is 33.4 Å². The first-order valence-corrected chi connectivity index (χ1v) is 8.50. The summed E-state index contributed by atoms with van der Waals surface area (Å²) in [4.78, 5) is 0. The number of benzene rings is 2. The van der Waals surface area contributed by atoms with E-state index in [0.29, 0.717) is 0 Å². The minimum Gasteiger partial charge on any atom is -0.493 e. The molecule has 1 heterocycles. The summed E-state index contributed by atoms with van der Waals surface area (Å²) in [7, 11) is 3.29. The zero-order valence-electron chi connectivity index (χ0n) is 14.1. The average Bonchev–Trinajstić information content (AvgIpc) is 3.07. The molecule has 7 heteroatoms. The fourth-order valence-corrected chi connectivity index (χ4v) is 3.23. The lowest BCUT2D eigenvalue weighted by atomic mass is 10.1. The summed E-state index contributed by atoms with van der Waals surface area (Å²) in [6.07, 6.45) is 0.909. The van der Waals surface area contributed by atoms with Gasteiger partial charge in [0.2, 0.25) is 6.79 Å². The molecule has 0 aromatic heterocycles. The van der Waals surface area contributed by atoms with Crippen molar-refractivity contribution in [2.24, 2.45) is 0 Å². The molecule has 25 heavy (non-hydrogen) atoms. The minimum atomic E-state index is 0. The monoisotopic (exact) mass is 429 g/mol. The maximum absolute atomic E-state index is 5.44. The molecule has 0 aliphatic carbocycles. The van der Waals surface area contributed by atoms with Gasteiger partial charge in [0.25, 0.3) is 0 Å². The fraction of sp³-hybridized carbons (Fsp3) is 0.333. The Morgan fingerprint density at radius 1 is 1.04 bits per heavy atom. The molecule has 0 unspecified atom stereocenters. The van der Waals surface area contributed by atoms with Gasteiger partial charge in [-0.25, -0.2) is 0 Å². The van der Waals surface area contributed by atoms with E-state index in [-0.39, 0.29) is 19.2 Å². The van der Waals surface area contributed by atoms with Gasteiger partial charge < -0.3 is 24.3 Å². The summed E-state index contributed by atoms with van der Waals surface area (Å²) >= 11 is 3.51. The lowest BCUT2D eigenvalue weighted by Crippen LogP contribution is -2.16. The van der Waals surface area contributed by atoms with Crippen LogP contribution in [0.5, 0.6) is 23.0 Å². The lowest BCUT2D eigenvalue weighted by molar-refractivity contribution is 0.173. The third-order valence-electron chi connectivity index (χ3n) is 3.85. The number of rotatable bonds is 7.